The van der Waals surface area contributed by atoms with Crippen molar-refractivity contribution in [1.82, 2.24) is 9.62 Å². The van der Waals surface area contributed by atoms with Crippen LogP contribution in [-0.4, -0.2) is 43.7 Å². The predicted molar refractivity (Wildman–Crippen MR) is 97.9 cm³/mol. The van der Waals surface area contributed by atoms with E-state index < -0.39 is 16.1 Å². The minimum Gasteiger partial charge on any atom is -0.344 e. The van der Waals surface area contributed by atoms with E-state index in [0.29, 0.717) is 43.5 Å². The van der Waals surface area contributed by atoms with E-state index in [1.54, 1.807) is 16.4 Å². The van der Waals surface area contributed by atoms with Gasteiger partial charge in [0.2, 0.25) is 21.8 Å². The highest BCUT2D eigenvalue weighted by Gasteiger charge is 2.32. The lowest BCUT2D eigenvalue weighted by molar-refractivity contribution is -0.122. The van der Waals surface area contributed by atoms with Gasteiger partial charge in [-0.05, 0) is 48.9 Å². The topological polar surface area (TPSA) is 95.6 Å². The molecule has 2 saturated heterocycles. The van der Waals surface area contributed by atoms with Crippen molar-refractivity contribution in [1.29, 1.82) is 0 Å². The summed E-state index contributed by atoms with van der Waals surface area (Å²) in [6.07, 6.45) is 1.86. The lowest BCUT2D eigenvalue weighted by Gasteiger charge is -2.34. The number of rotatable bonds is 4. The third kappa shape index (κ3) is 4.07. The zero-order valence-electron chi connectivity index (χ0n) is 15.1. The second kappa shape index (κ2) is 7.36. The van der Waals surface area contributed by atoms with Gasteiger partial charge in [0.1, 0.15) is 6.04 Å². The Hall–Kier alpha value is -1.93. The molecule has 0 radical (unpaired) electrons. The van der Waals surface area contributed by atoms with Gasteiger partial charge >= 0.3 is 0 Å². The molecule has 3 atom stereocenters. The average Bonchev–Trinajstić information content (AvgIpc) is 3.01. The maximum Gasteiger partial charge on any atom is 0.246 e. The summed E-state index contributed by atoms with van der Waals surface area (Å²) in [7, 11) is -3.53. The second-order valence-corrected chi connectivity index (χ2v) is 9.38. The van der Waals surface area contributed by atoms with E-state index in [4.69, 9.17) is 0 Å². The molecule has 2 fully saturated rings. The predicted octanol–water partition coefficient (Wildman–Crippen LogP) is 1.57. The Morgan fingerprint density at radius 3 is 2.31 bits per heavy atom. The molecule has 7 nitrogen and oxygen atoms in total. The van der Waals surface area contributed by atoms with Gasteiger partial charge in [0.05, 0.1) is 4.90 Å². The summed E-state index contributed by atoms with van der Waals surface area (Å²) in [5, 5.41) is 5.32. The average molecular weight is 379 g/mol. The minimum atomic E-state index is -3.53. The first-order valence-electron chi connectivity index (χ1n) is 8.96. The minimum absolute atomic E-state index is 0.128. The van der Waals surface area contributed by atoms with Gasteiger partial charge in [-0.1, -0.05) is 13.8 Å². The molecule has 0 bridgehead atoms. The molecule has 0 saturated carbocycles. The highest BCUT2D eigenvalue weighted by atomic mass is 32.2. The van der Waals surface area contributed by atoms with Crippen LogP contribution >= 0.6 is 0 Å². The molecule has 1 aromatic carbocycles. The van der Waals surface area contributed by atoms with Crippen LogP contribution in [0.3, 0.4) is 0 Å². The molecular formula is C18H25N3O4S. The van der Waals surface area contributed by atoms with Crippen LogP contribution in [0.5, 0.6) is 0 Å². The van der Waals surface area contributed by atoms with Crippen LogP contribution in [0.25, 0.3) is 0 Å². The number of nitrogens with zero attached hydrogens (tertiary/aromatic N) is 1. The zero-order chi connectivity index (χ0) is 18.9. The quantitative estimate of drug-likeness (QED) is 0.830. The number of carbonyl (C=O) groups excluding carboxylic acids is 2. The van der Waals surface area contributed by atoms with Gasteiger partial charge in [0, 0.05) is 25.2 Å². The van der Waals surface area contributed by atoms with Crippen LogP contribution in [-0.2, 0) is 19.6 Å². The Kier molecular flexibility index (Phi) is 5.34. The fourth-order valence-electron chi connectivity index (χ4n) is 3.70. The van der Waals surface area contributed by atoms with E-state index in [-0.39, 0.29) is 16.7 Å². The van der Waals surface area contributed by atoms with Crippen LogP contribution in [0.15, 0.2) is 29.2 Å². The molecule has 0 spiro atoms. The molecule has 2 aliphatic rings. The second-order valence-electron chi connectivity index (χ2n) is 7.44. The summed E-state index contributed by atoms with van der Waals surface area (Å²) in [6.45, 7) is 5.20. The van der Waals surface area contributed by atoms with E-state index in [0.717, 1.165) is 6.42 Å². The van der Waals surface area contributed by atoms with Gasteiger partial charge in [-0.25, -0.2) is 8.42 Å². The number of hydrogen-bond donors (Lipinski definition) is 2. The number of amides is 2. The molecule has 2 amide bonds. The van der Waals surface area contributed by atoms with Crippen LogP contribution < -0.4 is 10.6 Å². The fraction of sp³-hybridized carbons (Fsp3) is 0.556. The smallest absolute Gasteiger partial charge is 0.246 e. The molecule has 2 heterocycles. The van der Waals surface area contributed by atoms with Gasteiger partial charge < -0.3 is 10.6 Å². The molecule has 0 unspecified atom stereocenters. The number of piperidine rings is 1. The molecule has 2 aliphatic heterocycles. The van der Waals surface area contributed by atoms with Crippen molar-refractivity contribution in [3.8, 4) is 0 Å². The van der Waals surface area contributed by atoms with Gasteiger partial charge in [-0.3, -0.25) is 9.59 Å². The molecule has 1 aromatic rings. The SMILES string of the molecule is C[C@@H]1C[C@@H](C)CN(S(=O)(=O)c2ccc(NC(=O)[C@@H]3CCC(=O)N3)cc2)C1. The van der Waals surface area contributed by atoms with Crippen molar-refractivity contribution in [2.24, 2.45) is 11.8 Å². The Morgan fingerprint density at radius 1 is 1.15 bits per heavy atom. The summed E-state index contributed by atoms with van der Waals surface area (Å²) in [4.78, 5) is 23.5. The molecule has 26 heavy (non-hydrogen) atoms. The van der Waals surface area contributed by atoms with Crippen molar-refractivity contribution in [2.75, 3.05) is 18.4 Å². The van der Waals surface area contributed by atoms with Crippen LogP contribution in [0, 0.1) is 11.8 Å². The van der Waals surface area contributed by atoms with E-state index in [1.165, 1.54) is 12.1 Å². The van der Waals surface area contributed by atoms with Crippen LogP contribution in [0.4, 0.5) is 5.69 Å². The first kappa shape index (κ1) is 18.8. The first-order valence-corrected chi connectivity index (χ1v) is 10.4. The Labute approximate surface area is 154 Å². The number of sulfonamides is 1. The summed E-state index contributed by atoms with van der Waals surface area (Å²) < 4.78 is 27.2. The number of nitrogens with one attached hydrogen (secondary N) is 2. The lowest BCUT2D eigenvalue weighted by Crippen LogP contribution is -2.42. The molecule has 8 heteroatoms. The van der Waals surface area contributed by atoms with E-state index in [1.807, 2.05) is 0 Å². The fourth-order valence-corrected chi connectivity index (χ4v) is 5.38. The normalized spacial score (nSPS) is 27.2. The highest BCUT2D eigenvalue weighted by Crippen LogP contribution is 2.27. The summed E-state index contributed by atoms with van der Waals surface area (Å²) in [5.41, 5.74) is 0.510. The third-order valence-corrected chi connectivity index (χ3v) is 6.75. The maximum atomic E-state index is 12.8. The Morgan fingerprint density at radius 2 is 1.77 bits per heavy atom. The first-order chi connectivity index (χ1) is 12.3. The van der Waals surface area contributed by atoms with E-state index >= 15 is 0 Å². The van der Waals surface area contributed by atoms with E-state index in [9.17, 15) is 18.0 Å². The Balaban J connectivity index is 1.68. The summed E-state index contributed by atoms with van der Waals surface area (Å²) in [5.74, 6) is 0.268. The maximum absolute atomic E-state index is 12.8. The number of benzene rings is 1. The molecule has 142 valence electrons. The zero-order valence-corrected chi connectivity index (χ0v) is 15.9. The molecule has 0 aromatic heterocycles. The highest BCUT2D eigenvalue weighted by molar-refractivity contribution is 7.89. The number of hydrogen-bond acceptors (Lipinski definition) is 4. The monoisotopic (exact) mass is 379 g/mol. The summed E-state index contributed by atoms with van der Waals surface area (Å²) in [6, 6.07) is 5.67. The molecular weight excluding hydrogens is 354 g/mol. The van der Waals surface area contributed by atoms with Crippen molar-refractivity contribution >= 4 is 27.5 Å². The van der Waals surface area contributed by atoms with Gasteiger partial charge in [-0.15, -0.1) is 0 Å². The van der Waals surface area contributed by atoms with Crippen molar-refractivity contribution in [2.45, 2.75) is 44.0 Å². The molecule has 3 rings (SSSR count). The number of anilines is 1. The number of carbonyl (C=O) groups is 2. The molecule has 2 N–H and O–H groups in total. The van der Waals surface area contributed by atoms with Crippen LogP contribution in [0.1, 0.15) is 33.1 Å². The van der Waals surface area contributed by atoms with Crippen molar-refractivity contribution in [3.05, 3.63) is 24.3 Å². The van der Waals surface area contributed by atoms with Crippen LogP contribution in [0.2, 0.25) is 0 Å². The Bertz CT molecular complexity index is 781. The van der Waals surface area contributed by atoms with E-state index in [2.05, 4.69) is 24.5 Å². The van der Waals surface area contributed by atoms with Gasteiger partial charge in [0.15, 0.2) is 0 Å². The van der Waals surface area contributed by atoms with Crippen molar-refractivity contribution in [3.63, 3.8) is 0 Å². The van der Waals surface area contributed by atoms with Gasteiger partial charge in [0.25, 0.3) is 0 Å². The van der Waals surface area contributed by atoms with Crippen molar-refractivity contribution < 1.29 is 18.0 Å². The standard InChI is InChI=1S/C18H25N3O4S/c1-12-9-13(2)11-21(10-12)26(24,25)15-5-3-14(4-6-15)19-18(23)16-7-8-17(22)20-16/h3-6,12-13,16H,7-11H2,1-2H3,(H,19,23)(H,20,22)/t12-,13-,16+/m1/s1. The van der Waals surface area contributed by atoms with Gasteiger partial charge in [-0.2, -0.15) is 4.31 Å². The largest absolute Gasteiger partial charge is 0.344 e. The molecule has 0 aliphatic carbocycles. The third-order valence-electron chi connectivity index (χ3n) is 4.91. The lowest BCUT2D eigenvalue weighted by atomic mass is 9.94. The summed E-state index contributed by atoms with van der Waals surface area (Å²) >= 11 is 0.